The van der Waals surface area contributed by atoms with E-state index in [9.17, 15) is 13.2 Å². The van der Waals surface area contributed by atoms with Crippen LogP contribution in [0.1, 0.15) is 34.5 Å². The number of anilines is 1. The van der Waals surface area contributed by atoms with Crippen molar-refractivity contribution >= 4 is 44.8 Å². The lowest BCUT2D eigenvalue weighted by Crippen LogP contribution is -2.30. The molecule has 1 N–H and O–H groups in total. The van der Waals surface area contributed by atoms with Crippen LogP contribution in [0.5, 0.6) is 11.5 Å². The number of fused-ring (bicyclic) bond motifs is 1. The van der Waals surface area contributed by atoms with Crippen LogP contribution in [0.4, 0.5) is 5.69 Å². The molecule has 184 valence electrons. The van der Waals surface area contributed by atoms with Crippen LogP contribution in [-0.4, -0.2) is 33.8 Å². The van der Waals surface area contributed by atoms with Crippen LogP contribution in [0.15, 0.2) is 60.7 Å². The lowest BCUT2D eigenvalue weighted by molar-refractivity contribution is 0.0939. The summed E-state index contributed by atoms with van der Waals surface area (Å²) in [7, 11) is -3.65. The van der Waals surface area contributed by atoms with E-state index < -0.39 is 10.0 Å². The Morgan fingerprint density at radius 1 is 1.00 bits per heavy atom. The zero-order valence-electron chi connectivity index (χ0n) is 19.1. The number of rotatable bonds is 7. The molecule has 0 fully saturated rings. The van der Waals surface area contributed by atoms with Crippen molar-refractivity contribution in [2.24, 2.45) is 0 Å². The van der Waals surface area contributed by atoms with E-state index in [0.717, 1.165) is 11.8 Å². The van der Waals surface area contributed by atoms with E-state index in [0.29, 0.717) is 51.6 Å². The lowest BCUT2D eigenvalue weighted by Gasteiger charge is -2.24. The van der Waals surface area contributed by atoms with E-state index in [1.165, 1.54) is 4.31 Å². The molecule has 0 saturated carbocycles. The molecule has 3 aromatic rings. The monoisotopic (exact) mass is 534 g/mol. The first-order valence-electron chi connectivity index (χ1n) is 10.8. The molecule has 0 saturated heterocycles. The van der Waals surface area contributed by atoms with E-state index in [4.69, 9.17) is 32.7 Å². The Bertz CT molecular complexity index is 1330. The van der Waals surface area contributed by atoms with E-state index in [1.54, 1.807) is 42.5 Å². The number of amides is 1. The van der Waals surface area contributed by atoms with Crippen LogP contribution >= 0.6 is 23.2 Å². The van der Waals surface area contributed by atoms with Crippen molar-refractivity contribution in [2.45, 2.75) is 19.5 Å². The third-order valence-electron chi connectivity index (χ3n) is 5.60. The number of halogens is 2. The molecule has 1 aliphatic heterocycles. The number of ether oxygens (including phenoxy) is 2. The van der Waals surface area contributed by atoms with Gasteiger partial charge < -0.3 is 14.8 Å². The second-order valence-corrected chi connectivity index (χ2v) is 10.8. The van der Waals surface area contributed by atoms with Gasteiger partial charge in [-0.1, -0.05) is 35.3 Å². The fourth-order valence-electron chi connectivity index (χ4n) is 3.70. The molecule has 1 atom stereocenters. The summed E-state index contributed by atoms with van der Waals surface area (Å²) in [4.78, 5) is 12.8. The fourth-order valence-corrected chi connectivity index (χ4v) is 5.08. The van der Waals surface area contributed by atoms with Crippen LogP contribution in [0.3, 0.4) is 0 Å². The van der Waals surface area contributed by atoms with Gasteiger partial charge in [0, 0.05) is 21.2 Å². The molecule has 0 aliphatic carbocycles. The van der Waals surface area contributed by atoms with E-state index in [1.807, 2.05) is 25.1 Å². The first kappa shape index (κ1) is 25.2. The molecule has 0 spiro atoms. The first-order valence-corrected chi connectivity index (χ1v) is 13.4. The third kappa shape index (κ3) is 5.83. The predicted octanol–water partition coefficient (Wildman–Crippen LogP) is 5.22. The molecule has 10 heteroatoms. The summed E-state index contributed by atoms with van der Waals surface area (Å²) in [5, 5.41) is 3.69. The Balaban J connectivity index is 1.50. The molecule has 35 heavy (non-hydrogen) atoms. The Morgan fingerprint density at radius 2 is 1.63 bits per heavy atom. The molecular weight excluding hydrogens is 511 g/mol. The highest BCUT2D eigenvalue weighted by molar-refractivity contribution is 7.92. The number of sulfonamides is 1. The molecule has 1 unspecified atom stereocenters. The molecule has 0 aromatic heterocycles. The number of carbonyl (C=O) groups excluding carboxylic acids is 1. The minimum atomic E-state index is -3.65. The van der Waals surface area contributed by atoms with Crippen LogP contribution < -0.4 is 19.1 Å². The molecular formula is C25H24Cl2N2O5S. The second-order valence-electron chi connectivity index (χ2n) is 8.11. The minimum absolute atomic E-state index is 0.0377. The maximum absolute atomic E-state index is 12.8. The molecule has 1 aliphatic rings. The zero-order chi connectivity index (χ0) is 25.2. The lowest BCUT2D eigenvalue weighted by atomic mass is 10.1. The Morgan fingerprint density at radius 3 is 2.26 bits per heavy atom. The molecule has 7 nitrogen and oxygen atoms in total. The Labute approximate surface area is 214 Å². The minimum Gasteiger partial charge on any atom is -0.486 e. The van der Waals surface area contributed by atoms with Gasteiger partial charge in [0.15, 0.2) is 11.5 Å². The van der Waals surface area contributed by atoms with Crippen molar-refractivity contribution in [1.82, 2.24) is 5.32 Å². The molecule has 1 heterocycles. The van der Waals surface area contributed by atoms with Crippen molar-refractivity contribution in [2.75, 3.05) is 23.8 Å². The van der Waals surface area contributed by atoms with Crippen molar-refractivity contribution in [3.63, 3.8) is 0 Å². The van der Waals surface area contributed by atoms with Gasteiger partial charge in [-0.25, -0.2) is 8.42 Å². The standard InChI is InChI=1S/C25H24Cl2N2O5S/c1-16(18-8-11-23-24(14-18)34-13-12-33-23)28-25(30)17-6-9-19(10-7-17)29(35(2,31)32)15-20-21(26)4-3-5-22(20)27/h3-11,14,16H,12-13,15H2,1-2H3,(H,28,30). The quantitative estimate of drug-likeness (QED) is 0.449. The topological polar surface area (TPSA) is 84.9 Å². The maximum atomic E-state index is 12.8. The number of benzene rings is 3. The van der Waals surface area contributed by atoms with Crippen molar-refractivity contribution in [3.05, 3.63) is 87.4 Å². The van der Waals surface area contributed by atoms with Crippen LogP contribution in [0, 0.1) is 0 Å². The van der Waals surface area contributed by atoms with Gasteiger partial charge in [0.25, 0.3) is 5.91 Å². The van der Waals surface area contributed by atoms with Crippen LogP contribution in [0.2, 0.25) is 10.0 Å². The average molecular weight is 535 g/mol. The van der Waals surface area contributed by atoms with Gasteiger partial charge in [-0.3, -0.25) is 9.10 Å². The van der Waals surface area contributed by atoms with E-state index in [2.05, 4.69) is 5.32 Å². The van der Waals surface area contributed by atoms with Crippen molar-refractivity contribution < 1.29 is 22.7 Å². The van der Waals surface area contributed by atoms with Crippen molar-refractivity contribution in [3.8, 4) is 11.5 Å². The third-order valence-corrected chi connectivity index (χ3v) is 7.44. The molecule has 4 rings (SSSR count). The van der Waals surface area contributed by atoms with E-state index >= 15 is 0 Å². The Hall–Kier alpha value is -2.94. The molecule has 0 bridgehead atoms. The van der Waals surface area contributed by atoms with Gasteiger partial charge in [-0.15, -0.1) is 0 Å². The fraction of sp³-hybridized carbons (Fsp3) is 0.240. The highest BCUT2D eigenvalue weighted by Crippen LogP contribution is 2.33. The van der Waals surface area contributed by atoms with Crippen LogP contribution in [0.25, 0.3) is 0 Å². The average Bonchev–Trinajstić information content (AvgIpc) is 2.83. The summed E-state index contributed by atoms with van der Waals surface area (Å²) in [6, 6.07) is 16.6. The largest absolute Gasteiger partial charge is 0.486 e. The smallest absolute Gasteiger partial charge is 0.251 e. The van der Waals surface area contributed by atoms with Gasteiger partial charge in [-0.05, 0) is 61.0 Å². The summed E-state index contributed by atoms with van der Waals surface area (Å²) >= 11 is 12.5. The van der Waals surface area contributed by atoms with Gasteiger partial charge in [-0.2, -0.15) is 0 Å². The number of carbonyl (C=O) groups is 1. The van der Waals surface area contributed by atoms with Gasteiger partial charge >= 0.3 is 0 Å². The Kier molecular flexibility index (Phi) is 7.44. The highest BCUT2D eigenvalue weighted by Gasteiger charge is 2.22. The zero-order valence-corrected chi connectivity index (χ0v) is 21.5. The number of hydrogen-bond acceptors (Lipinski definition) is 5. The highest BCUT2D eigenvalue weighted by atomic mass is 35.5. The normalized spacial score (nSPS) is 13.7. The summed E-state index contributed by atoms with van der Waals surface area (Å²) in [5.74, 6) is 1.04. The summed E-state index contributed by atoms with van der Waals surface area (Å²) in [6.07, 6.45) is 1.10. The molecule has 1 amide bonds. The van der Waals surface area contributed by atoms with Gasteiger partial charge in [0.2, 0.25) is 10.0 Å². The summed E-state index contributed by atoms with van der Waals surface area (Å²) in [6.45, 7) is 2.83. The van der Waals surface area contributed by atoms with Gasteiger partial charge in [0.05, 0.1) is 24.5 Å². The van der Waals surface area contributed by atoms with Gasteiger partial charge in [0.1, 0.15) is 13.2 Å². The van der Waals surface area contributed by atoms with Crippen molar-refractivity contribution in [1.29, 1.82) is 0 Å². The SMILES string of the molecule is CC(NC(=O)c1ccc(N(Cc2c(Cl)cccc2Cl)S(C)(=O)=O)cc1)c1ccc2c(c1)OCCO2. The first-order chi connectivity index (χ1) is 16.6. The maximum Gasteiger partial charge on any atom is 0.251 e. The van der Waals surface area contributed by atoms with E-state index in [-0.39, 0.29) is 18.5 Å². The summed E-state index contributed by atoms with van der Waals surface area (Å²) < 4.78 is 37.4. The number of nitrogens with one attached hydrogen (secondary N) is 1. The number of hydrogen-bond donors (Lipinski definition) is 1. The molecule has 3 aromatic carbocycles. The van der Waals surface area contributed by atoms with Crippen LogP contribution in [-0.2, 0) is 16.6 Å². The second kappa shape index (κ2) is 10.4. The molecule has 0 radical (unpaired) electrons. The summed E-state index contributed by atoms with van der Waals surface area (Å²) in [5.41, 5.74) is 2.15. The predicted molar refractivity (Wildman–Crippen MR) is 137 cm³/mol. The number of nitrogens with zero attached hydrogens (tertiary/aromatic N) is 1.